The van der Waals surface area contributed by atoms with Crippen LogP contribution in [-0.2, 0) is 4.79 Å². The number of nitro benzene ring substituents is 1. The molecule has 8 nitrogen and oxygen atoms in total. The normalized spacial score (nSPS) is 22.6. The van der Waals surface area contributed by atoms with Crippen molar-refractivity contribution in [1.29, 1.82) is 0 Å². The van der Waals surface area contributed by atoms with Gasteiger partial charge in [0.1, 0.15) is 0 Å². The van der Waals surface area contributed by atoms with Crippen molar-refractivity contribution < 1.29 is 9.72 Å². The SMILES string of the molecule is CC1CC(=O)NC(N/N=C/c2cccc([N+](=O)[O-])c2)N1. The molecule has 3 N–H and O–H groups in total. The lowest BCUT2D eigenvalue weighted by Gasteiger charge is -2.28. The van der Waals surface area contributed by atoms with Crippen molar-refractivity contribution in [2.24, 2.45) is 5.10 Å². The van der Waals surface area contributed by atoms with Crippen LogP contribution in [0.5, 0.6) is 0 Å². The van der Waals surface area contributed by atoms with E-state index in [1.807, 2.05) is 6.92 Å². The third-order valence-corrected chi connectivity index (χ3v) is 2.75. The lowest BCUT2D eigenvalue weighted by molar-refractivity contribution is -0.384. The van der Waals surface area contributed by atoms with Gasteiger partial charge in [0.05, 0.1) is 11.1 Å². The summed E-state index contributed by atoms with van der Waals surface area (Å²) >= 11 is 0. The number of hydrazone groups is 1. The molecule has 0 saturated carbocycles. The van der Waals surface area contributed by atoms with Crippen LogP contribution in [0.25, 0.3) is 0 Å². The lowest BCUT2D eigenvalue weighted by Crippen LogP contribution is -2.60. The molecule has 1 fully saturated rings. The summed E-state index contributed by atoms with van der Waals surface area (Å²) in [7, 11) is 0. The molecule has 2 rings (SSSR count). The number of nitro groups is 1. The molecular formula is C12H15N5O3. The molecule has 0 spiro atoms. The molecule has 0 aliphatic carbocycles. The van der Waals surface area contributed by atoms with Crippen LogP contribution in [0.15, 0.2) is 29.4 Å². The molecule has 2 unspecified atom stereocenters. The highest BCUT2D eigenvalue weighted by Gasteiger charge is 2.21. The summed E-state index contributed by atoms with van der Waals surface area (Å²) in [5.41, 5.74) is 3.34. The van der Waals surface area contributed by atoms with Gasteiger partial charge in [0.25, 0.3) is 5.69 Å². The van der Waals surface area contributed by atoms with Gasteiger partial charge in [-0.2, -0.15) is 5.10 Å². The summed E-state index contributed by atoms with van der Waals surface area (Å²) in [5, 5.41) is 20.4. The second kappa shape index (κ2) is 6.11. The first kappa shape index (κ1) is 13.9. The maximum atomic E-state index is 11.3. The van der Waals surface area contributed by atoms with Crippen LogP contribution in [0.4, 0.5) is 5.69 Å². The summed E-state index contributed by atoms with van der Waals surface area (Å²) in [4.78, 5) is 21.5. The van der Waals surface area contributed by atoms with E-state index in [2.05, 4.69) is 21.2 Å². The molecule has 1 aliphatic heterocycles. The Hall–Kier alpha value is -2.48. The van der Waals surface area contributed by atoms with Crippen LogP contribution in [-0.4, -0.2) is 29.4 Å². The van der Waals surface area contributed by atoms with E-state index in [0.717, 1.165) is 0 Å². The first-order valence-electron chi connectivity index (χ1n) is 6.13. The van der Waals surface area contributed by atoms with Crippen LogP contribution >= 0.6 is 0 Å². The Kier molecular flexibility index (Phi) is 4.26. The molecule has 1 aliphatic rings. The van der Waals surface area contributed by atoms with Crippen molar-refractivity contribution in [3.8, 4) is 0 Å². The summed E-state index contributed by atoms with van der Waals surface area (Å²) in [6.45, 7) is 1.90. The van der Waals surface area contributed by atoms with Crippen molar-refractivity contribution in [2.75, 3.05) is 0 Å². The van der Waals surface area contributed by atoms with Gasteiger partial charge < -0.3 is 5.32 Å². The molecule has 1 aromatic carbocycles. The number of rotatable bonds is 4. The Labute approximate surface area is 115 Å². The van der Waals surface area contributed by atoms with E-state index >= 15 is 0 Å². The molecule has 0 bridgehead atoms. The highest BCUT2D eigenvalue weighted by molar-refractivity contribution is 5.80. The van der Waals surface area contributed by atoms with E-state index in [1.165, 1.54) is 18.3 Å². The van der Waals surface area contributed by atoms with E-state index in [-0.39, 0.29) is 17.6 Å². The van der Waals surface area contributed by atoms with E-state index in [9.17, 15) is 14.9 Å². The van der Waals surface area contributed by atoms with Crippen LogP contribution in [0.2, 0.25) is 0 Å². The molecule has 0 aromatic heterocycles. The van der Waals surface area contributed by atoms with E-state index < -0.39 is 11.2 Å². The number of carbonyl (C=O) groups is 1. The molecular weight excluding hydrogens is 262 g/mol. The van der Waals surface area contributed by atoms with Crippen LogP contribution in [0.1, 0.15) is 18.9 Å². The zero-order chi connectivity index (χ0) is 14.5. The number of hydrogen-bond acceptors (Lipinski definition) is 6. The van der Waals surface area contributed by atoms with Gasteiger partial charge in [-0.3, -0.25) is 25.7 Å². The van der Waals surface area contributed by atoms with Crippen LogP contribution in [0.3, 0.4) is 0 Å². The van der Waals surface area contributed by atoms with Crippen molar-refractivity contribution in [3.05, 3.63) is 39.9 Å². The molecule has 1 aromatic rings. The molecule has 2 atom stereocenters. The molecule has 1 heterocycles. The summed E-state index contributed by atoms with van der Waals surface area (Å²) < 4.78 is 0. The van der Waals surface area contributed by atoms with E-state index in [4.69, 9.17) is 0 Å². The van der Waals surface area contributed by atoms with E-state index in [0.29, 0.717) is 12.0 Å². The van der Waals surface area contributed by atoms with Gasteiger partial charge in [-0.1, -0.05) is 12.1 Å². The summed E-state index contributed by atoms with van der Waals surface area (Å²) in [5.74, 6) is -0.0562. The largest absolute Gasteiger partial charge is 0.322 e. The average molecular weight is 277 g/mol. The van der Waals surface area contributed by atoms with Gasteiger partial charge in [0, 0.05) is 30.2 Å². The maximum absolute atomic E-state index is 11.3. The minimum Gasteiger partial charge on any atom is -0.322 e. The first-order valence-corrected chi connectivity index (χ1v) is 6.13. The number of carbonyl (C=O) groups excluding carboxylic acids is 1. The van der Waals surface area contributed by atoms with Crippen LogP contribution < -0.4 is 16.1 Å². The Morgan fingerprint density at radius 2 is 2.35 bits per heavy atom. The van der Waals surface area contributed by atoms with Gasteiger partial charge in [-0.15, -0.1) is 0 Å². The zero-order valence-corrected chi connectivity index (χ0v) is 10.9. The molecule has 1 amide bonds. The Balaban J connectivity index is 1.94. The Morgan fingerprint density at radius 1 is 1.55 bits per heavy atom. The van der Waals surface area contributed by atoms with Gasteiger partial charge in [-0.05, 0) is 6.92 Å². The van der Waals surface area contributed by atoms with Gasteiger partial charge >= 0.3 is 0 Å². The quantitative estimate of drug-likeness (QED) is 0.416. The van der Waals surface area contributed by atoms with Crippen molar-refractivity contribution in [2.45, 2.75) is 25.7 Å². The Bertz CT molecular complexity index is 546. The minimum atomic E-state index is -0.463. The topological polar surface area (TPSA) is 109 Å². The van der Waals surface area contributed by atoms with Gasteiger partial charge in [0.2, 0.25) is 5.91 Å². The smallest absolute Gasteiger partial charge is 0.270 e. The second-order valence-electron chi connectivity index (χ2n) is 4.51. The molecule has 1 saturated heterocycles. The molecule has 106 valence electrons. The fourth-order valence-electron chi connectivity index (χ4n) is 1.86. The van der Waals surface area contributed by atoms with Crippen LogP contribution in [0, 0.1) is 10.1 Å². The minimum absolute atomic E-state index is 0.00617. The number of hydrogen-bond donors (Lipinski definition) is 3. The van der Waals surface area contributed by atoms with Gasteiger partial charge in [-0.25, -0.2) is 0 Å². The predicted molar refractivity (Wildman–Crippen MR) is 73.0 cm³/mol. The third-order valence-electron chi connectivity index (χ3n) is 2.75. The van der Waals surface area contributed by atoms with Gasteiger partial charge in [0.15, 0.2) is 6.29 Å². The maximum Gasteiger partial charge on any atom is 0.270 e. The number of benzene rings is 1. The first-order chi connectivity index (χ1) is 9.54. The monoisotopic (exact) mass is 277 g/mol. The fourth-order valence-corrected chi connectivity index (χ4v) is 1.86. The highest BCUT2D eigenvalue weighted by atomic mass is 16.6. The summed E-state index contributed by atoms with van der Waals surface area (Å²) in [6.07, 6.45) is 1.44. The van der Waals surface area contributed by atoms with Crippen molar-refractivity contribution >= 4 is 17.8 Å². The molecule has 20 heavy (non-hydrogen) atoms. The average Bonchev–Trinajstić information content (AvgIpc) is 2.38. The van der Waals surface area contributed by atoms with Crippen molar-refractivity contribution in [1.82, 2.24) is 16.1 Å². The third kappa shape index (κ3) is 3.75. The van der Waals surface area contributed by atoms with Crippen molar-refractivity contribution in [3.63, 3.8) is 0 Å². The fraction of sp³-hybridized carbons (Fsp3) is 0.333. The molecule has 8 heteroatoms. The number of amides is 1. The van der Waals surface area contributed by atoms with E-state index in [1.54, 1.807) is 12.1 Å². The Morgan fingerprint density at radius 3 is 3.05 bits per heavy atom. The standard InChI is InChI=1S/C12H15N5O3/c1-8-5-11(18)15-12(14-8)16-13-7-9-3-2-4-10(6-9)17(19)20/h2-4,6-8,12,14,16H,5H2,1H3,(H,15,18)/b13-7+. The highest BCUT2D eigenvalue weighted by Crippen LogP contribution is 2.11. The number of nitrogens with one attached hydrogen (secondary N) is 3. The predicted octanol–water partition coefficient (Wildman–Crippen LogP) is 0.300. The second-order valence-corrected chi connectivity index (χ2v) is 4.51. The lowest BCUT2D eigenvalue weighted by atomic mass is 10.2. The molecule has 0 radical (unpaired) electrons. The number of nitrogens with zero attached hydrogens (tertiary/aromatic N) is 2. The zero-order valence-electron chi connectivity index (χ0n) is 10.9. The summed E-state index contributed by atoms with van der Waals surface area (Å²) in [6, 6.07) is 6.18. The number of non-ortho nitro benzene ring substituents is 1.